The van der Waals surface area contributed by atoms with Crippen molar-refractivity contribution in [3.63, 3.8) is 0 Å². The lowest BCUT2D eigenvalue weighted by Crippen LogP contribution is -2.46. The van der Waals surface area contributed by atoms with E-state index in [1.807, 2.05) is 6.92 Å². The first-order valence-corrected chi connectivity index (χ1v) is 11.8. The van der Waals surface area contributed by atoms with E-state index in [0.29, 0.717) is 6.54 Å². The second-order valence-corrected chi connectivity index (χ2v) is 8.92. The summed E-state index contributed by atoms with van der Waals surface area (Å²) in [6, 6.07) is 0. The quantitative estimate of drug-likeness (QED) is 0.666. The van der Waals surface area contributed by atoms with E-state index in [-0.39, 0.29) is 5.91 Å². The van der Waals surface area contributed by atoms with E-state index in [4.69, 9.17) is 4.74 Å². The van der Waals surface area contributed by atoms with Crippen molar-refractivity contribution < 1.29 is 9.53 Å². The SMILES string of the molecule is CCN1CCN(c2ncnc3sc(C(=O)NCCCN4CCOCC4)c(C)c23)CC1. The van der Waals surface area contributed by atoms with Crippen molar-refractivity contribution in [2.45, 2.75) is 20.3 Å². The average molecular weight is 433 g/mol. The summed E-state index contributed by atoms with van der Waals surface area (Å²) < 4.78 is 5.38. The second-order valence-electron chi connectivity index (χ2n) is 7.92. The number of piperazine rings is 1. The molecule has 164 valence electrons. The Morgan fingerprint density at radius 2 is 1.90 bits per heavy atom. The van der Waals surface area contributed by atoms with Crippen LogP contribution in [-0.4, -0.2) is 97.8 Å². The third-order valence-corrected chi connectivity index (χ3v) is 7.27. The van der Waals surface area contributed by atoms with E-state index in [1.165, 1.54) is 11.3 Å². The predicted octanol–water partition coefficient (Wildman–Crippen LogP) is 1.59. The molecule has 0 bridgehead atoms. The molecule has 9 heteroatoms. The number of carbonyl (C=O) groups is 1. The number of ether oxygens (including phenoxy) is 1. The fourth-order valence-corrected chi connectivity index (χ4v) is 5.25. The molecule has 8 nitrogen and oxygen atoms in total. The first-order chi connectivity index (χ1) is 14.7. The third kappa shape index (κ3) is 4.74. The highest BCUT2D eigenvalue weighted by molar-refractivity contribution is 7.20. The molecule has 0 atom stereocenters. The Labute approximate surface area is 182 Å². The molecule has 2 saturated heterocycles. The van der Waals surface area contributed by atoms with Gasteiger partial charge in [0.25, 0.3) is 5.91 Å². The number of nitrogens with one attached hydrogen (secondary N) is 1. The molecule has 0 saturated carbocycles. The molecular formula is C21H32N6O2S. The van der Waals surface area contributed by atoms with Crippen molar-refractivity contribution in [1.29, 1.82) is 0 Å². The fourth-order valence-electron chi connectivity index (χ4n) is 4.19. The minimum Gasteiger partial charge on any atom is -0.379 e. The van der Waals surface area contributed by atoms with E-state index >= 15 is 0 Å². The Kier molecular flexibility index (Phi) is 7.14. The van der Waals surface area contributed by atoms with Crippen LogP contribution in [0.5, 0.6) is 0 Å². The molecule has 2 fully saturated rings. The maximum absolute atomic E-state index is 12.9. The van der Waals surface area contributed by atoms with Gasteiger partial charge >= 0.3 is 0 Å². The number of anilines is 1. The van der Waals surface area contributed by atoms with Crippen molar-refractivity contribution in [2.75, 3.05) is 77.0 Å². The molecule has 0 aromatic carbocycles. The number of amides is 1. The van der Waals surface area contributed by atoms with Crippen LogP contribution >= 0.6 is 11.3 Å². The zero-order valence-corrected chi connectivity index (χ0v) is 18.8. The molecule has 0 unspecified atom stereocenters. The van der Waals surface area contributed by atoms with E-state index in [9.17, 15) is 4.79 Å². The number of morpholine rings is 1. The van der Waals surface area contributed by atoms with Gasteiger partial charge in [-0.3, -0.25) is 9.69 Å². The molecule has 1 amide bonds. The zero-order chi connectivity index (χ0) is 20.9. The number of rotatable bonds is 7. The van der Waals surface area contributed by atoms with Crippen molar-refractivity contribution in [3.05, 3.63) is 16.8 Å². The van der Waals surface area contributed by atoms with E-state index in [2.05, 4.69) is 36.9 Å². The molecule has 0 radical (unpaired) electrons. The molecule has 2 aliphatic rings. The van der Waals surface area contributed by atoms with E-state index in [1.54, 1.807) is 6.33 Å². The van der Waals surface area contributed by atoms with Crippen LogP contribution in [0.25, 0.3) is 10.2 Å². The van der Waals surface area contributed by atoms with Crippen LogP contribution in [0.3, 0.4) is 0 Å². The summed E-state index contributed by atoms with van der Waals surface area (Å²) in [4.78, 5) is 30.7. The molecule has 30 heavy (non-hydrogen) atoms. The van der Waals surface area contributed by atoms with Gasteiger partial charge in [0, 0.05) is 45.8 Å². The number of nitrogens with zero attached hydrogens (tertiary/aromatic N) is 5. The van der Waals surface area contributed by atoms with Crippen LogP contribution < -0.4 is 10.2 Å². The Morgan fingerprint density at radius 3 is 2.63 bits per heavy atom. The molecule has 4 rings (SSSR count). The summed E-state index contributed by atoms with van der Waals surface area (Å²) in [5.74, 6) is 0.968. The van der Waals surface area contributed by atoms with Gasteiger partial charge in [-0.15, -0.1) is 11.3 Å². The fraction of sp³-hybridized carbons (Fsp3) is 0.667. The summed E-state index contributed by atoms with van der Waals surface area (Å²) in [6.07, 6.45) is 2.58. The van der Waals surface area contributed by atoms with Crippen LogP contribution in [0.4, 0.5) is 5.82 Å². The summed E-state index contributed by atoms with van der Waals surface area (Å²) in [7, 11) is 0. The van der Waals surface area contributed by atoms with Crippen molar-refractivity contribution in [3.8, 4) is 0 Å². The monoisotopic (exact) mass is 432 g/mol. The number of hydrogen-bond donors (Lipinski definition) is 1. The van der Waals surface area contributed by atoms with Crippen LogP contribution in [0.1, 0.15) is 28.6 Å². The highest BCUT2D eigenvalue weighted by Crippen LogP contribution is 2.35. The summed E-state index contributed by atoms with van der Waals surface area (Å²) >= 11 is 1.47. The number of thiophene rings is 1. The lowest BCUT2D eigenvalue weighted by molar-refractivity contribution is 0.0374. The third-order valence-electron chi connectivity index (χ3n) is 6.07. The standard InChI is InChI=1S/C21H32N6O2S/c1-3-25-7-9-27(10-8-25)19-17-16(2)18(30-21(17)24-15-23-19)20(28)22-5-4-6-26-11-13-29-14-12-26/h15H,3-14H2,1-2H3,(H,22,28). The van der Waals surface area contributed by atoms with Gasteiger partial charge in [-0.1, -0.05) is 6.92 Å². The van der Waals surface area contributed by atoms with E-state index in [0.717, 1.165) is 98.5 Å². The maximum atomic E-state index is 12.9. The highest BCUT2D eigenvalue weighted by atomic mass is 32.1. The van der Waals surface area contributed by atoms with Gasteiger partial charge in [-0.05, 0) is 32.0 Å². The molecule has 2 aromatic heterocycles. The molecule has 4 heterocycles. The summed E-state index contributed by atoms with van der Waals surface area (Å²) in [6.45, 7) is 14.6. The van der Waals surface area contributed by atoms with Crippen molar-refractivity contribution in [1.82, 2.24) is 25.1 Å². The summed E-state index contributed by atoms with van der Waals surface area (Å²) in [5.41, 5.74) is 0.995. The second kappa shape index (κ2) is 10.00. The van der Waals surface area contributed by atoms with Crippen molar-refractivity contribution >= 4 is 33.3 Å². The van der Waals surface area contributed by atoms with Gasteiger partial charge in [-0.25, -0.2) is 9.97 Å². The van der Waals surface area contributed by atoms with Crippen LogP contribution in [0.15, 0.2) is 6.33 Å². The minimum atomic E-state index is -0.000713. The number of carbonyl (C=O) groups excluding carboxylic acids is 1. The average Bonchev–Trinajstić information content (AvgIpc) is 3.14. The van der Waals surface area contributed by atoms with Crippen LogP contribution in [-0.2, 0) is 4.74 Å². The molecule has 0 spiro atoms. The maximum Gasteiger partial charge on any atom is 0.261 e. The topological polar surface area (TPSA) is 73.8 Å². The smallest absolute Gasteiger partial charge is 0.261 e. The Morgan fingerprint density at radius 1 is 1.13 bits per heavy atom. The Bertz CT molecular complexity index is 859. The molecule has 2 aromatic rings. The first-order valence-electron chi connectivity index (χ1n) is 11.0. The largest absolute Gasteiger partial charge is 0.379 e. The molecular weight excluding hydrogens is 400 g/mol. The van der Waals surface area contributed by atoms with Crippen molar-refractivity contribution in [2.24, 2.45) is 0 Å². The number of hydrogen-bond acceptors (Lipinski definition) is 8. The first kappa shape index (κ1) is 21.4. The number of fused-ring (bicyclic) bond motifs is 1. The van der Waals surface area contributed by atoms with E-state index < -0.39 is 0 Å². The van der Waals surface area contributed by atoms with Gasteiger partial charge in [0.2, 0.25) is 0 Å². The normalized spacial score (nSPS) is 18.8. The van der Waals surface area contributed by atoms with Crippen LogP contribution in [0.2, 0.25) is 0 Å². The highest BCUT2D eigenvalue weighted by Gasteiger charge is 2.24. The van der Waals surface area contributed by atoms with Gasteiger partial charge in [0.15, 0.2) is 0 Å². The molecule has 0 aliphatic carbocycles. The molecule has 1 N–H and O–H groups in total. The van der Waals surface area contributed by atoms with Gasteiger partial charge < -0.3 is 19.9 Å². The summed E-state index contributed by atoms with van der Waals surface area (Å²) in [5, 5.41) is 4.13. The number of likely N-dealkylation sites (N-methyl/N-ethyl adjacent to an activating group) is 1. The lowest BCUT2D eigenvalue weighted by atomic mass is 10.1. The number of aromatic nitrogens is 2. The van der Waals surface area contributed by atoms with Crippen LogP contribution in [0, 0.1) is 6.92 Å². The number of aryl methyl sites for hydroxylation is 1. The minimum absolute atomic E-state index is 0.000713. The molecule has 2 aliphatic heterocycles. The van der Waals surface area contributed by atoms with Gasteiger partial charge in [0.05, 0.1) is 23.5 Å². The van der Waals surface area contributed by atoms with Gasteiger partial charge in [0.1, 0.15) is 17.0 Å². The lowest BCUT2D eigenvalue weighted by Gasteiger charge is -2.35. The zero-order valence-electron chi connectivity index (χ0n) is 18.0. The predicted molar refractivity (Wildman–Crippen MR) is 121 cm³/mol. The van der Waals surface area contributed by atoms with Gasteiger partial charge in [-0.2, -0.15) is 0 Å². The Balaban J connectivity index is 1.40. The Hall–Kier alpha value is -1.81.